The summed E-state index contributed by atoms with van der Waals surface area (Å²) in [7, 11) is 0. The zero-order valence-corrected chi connectivity index (χ0v) is 13.1. The highest BCUT2D eigenvalue weighted by Crippen LogP contribution is 2.25. The van der Waals surface area contributed by atoms with Crippen molar-refractivity contribution < 1.29 is 4.74 Å². The molecule has 94 valence electrons. The zero-order chi connectivity index (χ0) is 13.1. The molecule has 2 N–H and O–H groups in total. The fraction of sp³-hybridized carbons (Fsp3) is 0.143. The number of benzene rings is 2. The van der Waals surface area contributed by atoms with Gasteiger partial charge in [-0.2, -0.15) is 0 Å². The molecule has 0 fully saturated rings. The SMILES string of the molecule is Cc1ccc(Br)cc1OCc1ccc(Br)cc1N. The first kappa shape index (κ1) is 13.4. The second-order valence-electron chi connectivity index (χ2n) is 4.04. The molecule has 0 radical (unpaired) electrons. The highest BCUT2D eigenvalue weighted by molar-refractivity contribution is 9.10. The number of halogens is 2. The molecule has 0 bridgehead atoms. The highest BCUT2D eigenvalue weighted by atomic mass is 79.9. The van der Waals surface area contributed by atoms with E-state index in [-0.39, 0.29) is 0 Å². The first-order chi connectivity index (χ1) is 8.56. The molecule has 2 nitrogen and oxygen atoms in total. The molecule has 2 rings (SSSR count). The van der Waals surface area contributed by atoms with Crippen molar-refractivity contribution in [2.24, 2.45) is 0 Å². The molecule has 0 saturated heterocycles. The summed E-state index contributed by atoms with van der Waals surface area (Å²) in [6.07, 6.45) is 0. The molecular weight excluding hydrogens is 358 g/mol. The maximum Gasteiger partial charge on any atom is 0.123 e. The molecule has 0 unspecified atom stereocenters. The molecule has 0 saturated carbocycles. The number of rotatable bonds is 3. The number of nitrogens with two attached hydrogens (primary N) is 1. The van der Waals surface area contributed by atoms with Gasteiger partial charge < -0.3 is 10.5 Å². The topological polar surface area (TPSA) is 35.2 Å². The van der Waals surface area contributed by atoms with Gasteiger partial charge in [0.05, 0.1) is 0 Å². The van der Waals surface area contributed by atoms with Crippen molar-refractivity contribution >= 4 is 37.5 Å². The summed E-state index contributed by atoms with van der Waals surface area (Å²) in [6.45, 7) is 2.49. The van der Waals surface area contributed by atoms with Gasteiger partial charge in [0.2, 0.25) is 0 Å². The monoisotopic (exact) mass is 369 g/mol. The highest BCUT2D eigenvalue weighted by Gasteiger charge is 2.04. The predicted molar refractivity (Wildman–Crippen MR) is 81.8 cm³/mol. The van der Waals surface area contributed by atoms with E-state index in [4.69, 9.17) is 10.5 Å². The van der Waals surface area contributed by atoms with E-state index in [1.165, 1.54) is 0 Å². The summed E-state index contributed by atoms with van der Waals surface area (Å²) in [6, 6.07) is 11.8. The Morgan fingerprint density at radius 3 is 2.44 bits per heavy atom. The van der Waals surface area contributed by atoms with Gasteiger partial charge in [-0.05, 0) is 36.8 Å². The van der Waals surface area contributed by atoms with Crippen LogP contribution in [0.1, 0.15) is 11.1 Å². The Hall–Kier alpha value is -1.00. The van der Waals surface area contributed by atoms with E-state index in [9.17, 15) is 0 Å². The molecule has 2 aromatic carbocycles. The second-order valence-corrected chi connectivity index (χ2v) is 5.87. The molecule has 2 aromatic rings. The Kier molecular flexibility index (Phi) is 4.30. The molecule has 0 aliphatic rings. The lowest BCUT2D eigenvalue weighted by molar-refractivity contribution is 0.304. The van der Waals surface area contributed by atoms with Crippen molar-refractivity contribution in [3.63, 3.8) is 0 Å². The minimum atomic E-state index is 0.469. The molecule has 0 heterocycles. The van der Waals surface area contributed by atoms with Gasteiger partial charge in [0.1, 0.15) is 12.4 Å². The van der Waals surface area contributed by atoms with Gasteiger partial charge in [-0.3, -0.25) is 0 Å². The fourth-order valence-electron chi connectivity index (χ4n) is 1.58. The van der Waals surface area contributed by atoms with Gasteiger partial charge >= 0.3 is 0 Å². The minimum absolute atomic E-state index is 0.469. The van der Waals surface area contributed by atoms with Crippen LogP contribution in [0.2, 0.25) is 0 Å². The van der Waals surface area contributed by atoms with Crippen LogP contribution in [0.25, 0.3) is 0 Å². The third-order valence-electron chi connectivity index (χ3n) is 2.64. The Morgan fingerprint density at radius 1 is 1.06 bits per heavy atom. The van der Waals surface area contributed by atoms with Crippen LogP contribution in [-0.4, -0.2) is 0 Å². The lowest BCUT2D eigenvalue weighted by Crippen LogP contribution is -2.01. The van der Waals surface area contributed by atoms with Crippen LogP contribution < -0.4 is 10.5 Å². The van der Waals surface area contributed by atoms with E-state index in [0.29, 0.717) is 6.61 Å². The lowest BCUT2D eigenvalue weighted by Gasteiger charge is -2.11. The van der Waals surface area contributed by atoms with Crippen LogP contribution in [0.5, 0.6) is 5.75 Å². The summed E-state index contributed by atoms with van der Waals surface area (Å²) >= 11 is 6.82. The number of nitrogen functional groups attached to an aromatic ring is 1. The van der Waals surface area contributed by atoms with Crippen LogP contribution >= 0.6 is 31.9 Å². The molecular formula is C14H13Br2NO. The Morgan fingerprint density at radius 2 is 1.72 bits per heavy atom. The normalized spacial score (nSPS) is 10.4. The Bertz CT molecular complexity index is 570. The second kappa shape index (κ2) is 5.76. The average molecular weight is 371 g/mol. The van der Waals surface area contributed by atoms with Gasteiger partial charge in [-0.15, -0.1) is 0 Å². The lowest BCUT2D eigenvalue weighted by atomic mass is 10.2. The van der Waals surface area contributed by atoms with Crippen LogP contribution in [0, 0.1) is 6.92 Å². The first-order valence-electron chi connectivity index (χ1n) is 5.49. The standard InChI is InChI=1S/C14H13Br2NO/c1-9-2-4-12(16)7-14(9)18-8-10-3-5-11(15)6-13(10)17/h2-7H,8,17H2,1H3. The van der Waals surface area contributed by atoms with E-state index in [0.717, 1.165) is 31.5 Å². The summed E-state index contributed by atoms with van der Waals surface area (Å²) in [5.74, 6) is 0.867. The van der Waals surface area contributed by atoms with Crippen LogP contribution in [-0.2, 0) is 6.61 Å². The van der Waals surface area contributed by atoms with Crippen molar-refractivity contribution in [2.75, 3.05) is 5.73 Å². The number of hydrogen-bond donors (Lipinski definition) is 1. The van der Waals surface area contributed by atoms with Gasteiger partial charge in [0.25, 0.3) is 0 Å². The maximum absolute atomic E-state index is 5.93. The zero-order valence-electron chi connectivity index (χ0n) is 9.91. The minimum Gasteiger partial charge on any atom is -0.489 e. The smallest absolute Gasteiger partial charge is 0.123 e. The van der Waals surface area contributed by atoms with Crippen molar-refractivity contribution in [2.45, 2.75) is 13.5 Å². The molecule has 4 heteroatoms. The first-order valence-corrected chi connectivity index (χ1v) is 7.08. The van der Waals surface area contributed by atoms with Gasteiger partial charge in [-0.1, -0.05) is 44.0 Å². The van der Waals surface area contributed by atoms with Crippen molar-refractivity contribution in [3.05, 3.63) is 56.5 Å². The Labute approximate surface area is 123 Å². The van der Waals surface area contributed by atoms with Crippen molar-refractivity contribution in [3.8, 4) is 5.75 Å². The van der Waals surface area contributed by atoms with Crippen LogP contribution in [0.3, 0.4) is 0 Å². The number of hydrogen-bond acceptors (Lipinski definition) is 2. The van der Waals surface area contributed by atoms with Crippen molar-refractivity contribution in [1.82, 2.24) is 0 Å². The third-order valence-corrected chi connectivity index (χ3v) is 3.63. The number of anilines is 1. The van der Waals surface area contributed by atoms with Crippen LogP contribution in [0.15, 0.2) is 45.3 Å². The quantitative estimate of drug-likeness (QED) is 0.796. The van der Waals surface area contributed by atoms with Gasteiger partial charge in [0.15, 0.2) is 0 Å². The van der Waals surface area contributed by atoms with E-state index < -0.39 is 0 Å². The van der Waals surface area contributed by atoms with E-state index in [2.05, 4.69) is 31.9 Å². The average Bonchev–Trinajstić information content (AvgIpc) is 2.32. The molecule has 0 atom stereocenters. The largest absolute Gasteiger partial charge is 0.489 e. The predicted octanol–water partition coefficient (Wildman–Crippen LogP) is 4.68. The number of aryl methyl sites for hydroxylation is 1. The third kappa shape index (κ3) is 3.27. The fourth-order valence-corrected chi connectivity index (χ4v) is 2.30. The van der Waals surface area contributed by atoms with Crippen molar-refractivity contribution in [1.29, 1.82) is 0 Å². The summed E-state index contributed by atoms with van der Waals surface area (Å²) in [4.78, 5) is 0. The molecule has 18 heavy (non-hydrogen) atoms. The summed E-state index contributed by atoms with van der Waals surface area (Å²) in [5, 5.41) is 0. The number of ether oxygens (including phenoxy) is 1. The van der Waals surface area contributed by atoms with Gasteiger partial charge in [-0.25, -0.2) is 0 Å². The molecule has 0 spiro atoms. The van der Waals surface area contributed by atoms with Gasteiger partial charge in [0, 0.05) is 20.2 Å². The molecule has 0 aliphatic heterocycles. The van der Waals surface area contributed by atoms with E-state index in [1.54, 1.807) is 0 Å². The molecule has 0 aromatic heterocycles. The maximum atomic E-state index is 5.93. The Balaban J connectivity index is 2.13. The summed E-state index contributed by atoms with van der Waals surface area (Å²) < 4.78 is 7.78. The molecule has 0 aliphatic carbocycles. The summed E-state index contributed by atoms with van der Waals surface area (Å²) in [5.41, 5.74) is 8.76. The van der Waals surface area contributed by atoms with E-state index in [1.807, 2.05) is 43.3 Å². The van der Waals surface area contributed by atoms with Crippen LogP contribution in [0.4, 0.5) is 5.69 Å². The molecule has 0 amide bonds. The van der Waals surface area contributed by atoms with E-state index >= 15 is 0 Å².